The van der Waals surface area contributed by atoms with E-state index in [1.165, 1.54) is 33.3 Å². The van der Waals surface area contributed by atoms with Crippen molar-refractivity contribution >= 4 is 23.8 Å². The maximum Gasteiger partial charge on any atom is 0.290 e. The molecule has 2 heterocycles. The average molecular weight is 413 g/mol. The van der Waals surface area contributed by atoms with Gasteiger partial charge in [0.2, 0.25) is 6.41 Å². The molecule has 1 aliphatic rings. The van der Waals surface area contributed by atoms with Crippen LogP contribution in [0.25, 0.3) is 10.9 Å². The van der Waals surface area contributed by atoms with Crippen LogP contribution in [0, 0.1) is 6.92 Å². The monoisotopic (exact) mass is 412 g/mol. The first-order valence-electron chi connectivity index (χ1n) is 10.0. The van der Waals surface area contributed by atoms with Crippen molar-refractivity contribution in [3.63, 3.8) is 0 Å². The van der Waals surface area contributed by atoms with E-state index in [2.05, 4.69) is 30.1 Å². The molecule has 0 saturated carbocycles. The van der Waals surface area contributed by atoms with Gasteiger partial charge in [0.05, 0.1) is 6.61 Å². The standard InChI is InChI=1S/C13H14N2O.C8H10O.C2H6.CH2O2/c1-9-2-3-12-10(6-9)11-7-15(8-16)5-4-13(11)14-12;1-9-7-8-5-3-2-4-6-8;1-2;2-1-3/h2-3,6,8,14H,4-5,7H2,1H3;2-6H,7H2,1H3;1-2H3;1H,(H,2,3). The number of ether oxygens (including phenoxy) is 1. The number of hydrogen-bond acceptors (Lipinski definition) is 3. The second-order valence-corrected chi connectivity index (χ2v) is 6.48. The summed E-state index contributed by atoms with van der Waals surface area (Å²) in [7, 11) is 1.70. The Hall–Kier alpha value is -3.12. The molecule has 0 radical (unpaired) electrons. The van der Waals surface area contributed by atoms with Gasteiger partial charge in [-0.05, 0) is 24.6 Å². The molecule has 0 fully saturated rings. The van der Waals surface area contributed by atoms with Crippen LogP contribution in [-0.4, -0.2) is 41.5 Å². The molecule has 1 aromatic heterocycles. The molecular formula is C24H32N2O4. The zero-order valence-corrected chi connectivity index (χ0v) is 18.2. The van der Waals surface area contributed by atoms with Gasteiger partial charge in [-0.25, -0.2) is 0 Å². The summed E-state index contributed by atoms with van der Waals surface area (Å²) in [5.41, 5.74) is 6.25. The smallest absolute Gasteiger partial charge is 0.290 e. The van der Waals surface area contributed by atoms with Gasteiger partial charge in [-0.1, -0.05) is 55.8 Å². The van der Waals surface area contributed by atoms with Gasteiger partial charge in [-0.2, -0.15) is 0 Å². The molecule has 2 aromatic carbocycles. The third-order valence-corrected chi connectivity index (χ3v) is 4.46. The van der Waals surface area contributed by atoms with Crippen LogP contribution in [0.5, 0.6) is 0 Å². The fraction of sp³-hybridized carbons (Fsp3) is 0.333. The van der Waals surface area contributed by atoms with Gasteiger partial charge >= 0.3 is 0 Å². The van der Waals surface area contributed by atoms with Crippen LogP contribution in [-0.2, 0) is 33.9 Å². The Morgan fingerprint density at radius 2 is 1.80 bits per heavy atom. The SMILES string of the molecule is CC.COCc1ccccc1.Cc1ccc2[nH]c3c(c2c1)CN(C=O)CC3.O=CO. The number of methoxy groups -OCH3 is 1. The number of carbonyl (C=O) groups excluding carboxylic acids is 1. The number of hydrogen-bond donors (Lipinski definition) is 2. The number of aryl methyl sites for hydroxylation is 1. The predicted molar refractivity (Wildman–Crippen MR) is 120 cm³/mol. The number of carboxylic acid groups (broad SMARTS) is 1. The molecule has 1 amide bonds. The lowest BCUT2D eigenvalue weighted by atomic mass is 10.0. The van der Waals surface area contributed by atoms with Gasteiger partial charge in [0.15, 0.2) is 0 Å². The summed E-state index contributed by atoms with van der Waals surface area (Å²) in [5, 5.41) is 8.15. The second kappa shape index (κ2) is 14.0. The minimum atomic E-state index is -0.250. The number of nitrogens with zero attached hydrogens (tertiary/aromatic N) is 1. The van der Waals surface area contributed by atoms with Gasteiger partial charge in [0.1, 0.15) is 0 Å². The Labute approximate surface area is 178 Å². The van der Waals surface area contributed by atoms with E-state index in [-0.39, 0.29) is 6.47 Å². The molecule has 0 bridgehead atoms. The highest BCUT2D eigenvalue weighted by molar-refractivity contribution is 5.85. The van der Waals surface area contributed by atoms with Crippen LogP contribution in [0.3, 0.4) is 0 Å². The van der Waals surface area contributed by atoms with Crippen molar-refractivity contribution in [1.82, 2.24) is 9.88 Å². The van der Waals surface area contributed by atoms with E-state index in [1.54, 1.807) is 7.11 Å². The summed E-state index contributed by atoms with van der Waals surface area (Å²) in [6.07, 6.45) is 1.87. The summed E-state index contributed by atoms with van der Waals surface area (Å²) in [6.45, 7) is 8.12. The number of fused-ring (bicyclic) bond motifs is 3. The lowest BCUT2D eigenvalue weighted by molar-refractivity contribution is -0.123. The number of benzene rings is 2. The molecule has 4 rings (SSSR count). The lowest BCUT2D eigenvalue weighted by Gasteiger charge is -2.22. The maximum atomic E-state index is 10.8. The third-order valence-electron chi connectivity index (χ3n) is 4.46. The molecule has 6 nitrogen and oxygen atoms in total. The molecule has 0 spiro atoms. The molecule has 3 aromatic rings. The Morgan fingerprint density at radius 1 is 1.13 bits per heavy atom. The molecule has 0 atom stereocenters. The van der Waals surface area contributed by atoms with Crippen LogP contribution in [0.15, 0.2) is 48.5 Å². The molecule has 0 saturated heterocycles. The molecular weight excluding hydrogens is 380 g/mol. The first kappa shape index (κ1) is 24.9. The summed E-state index contributed by atoms with van der Waals surface area (Å²) in [4.78, 5) is 24.4. The van der Waals surface area contributed by atoms with E-state index >= 15 is 0 Å². The van der Waals surface area contributed by atoms with Crippen molar-refractivity contribution in [3.8, 4) is 0 Å². The Bertz CT molecular complexity index is 891. The van der Waals surface area contributed by atoms with Crippen molar-refractivity contribution in [2.75, 3.05) is 13.7 Å². The molecule has 0 aliphatic carbocycles. The zero-order valence-electron chi connectivity index (χ0n) is 18.2. The quantitative estimate of drug-likeness (QED) is 0.618. The minimum absolute atomic E-state index is 0.250. The number of amides is 1. The van der Waals surface area contributed by atoms with Gasteiger partial charge < -0.3 is 19.7 Å². The van der Waals surface area contributed by atoms with Crippen LogP contribution in [0.1, 0.15) is 36.2 Å². The average Bonchev–Trinajstić information content (AvgIpc) is 3.14. The van der Waals surface area contributed by atoms with Crippen LogP contribution in [0.2, 0.25) is 0 Å². The molecule has 30 heavy (non-hydrogen) atoms. The molecule has 0 unspecified atom stereocenters. The van der Waals surface area contributed by atoms with Crippen molar-refractivity contribution in [3.05, 3.63) is 70.9 Å². The van der Waals surface area contributed by atoms with E-state index in [1.807, 2.05) is 49.1 Å². The fourth-order valence-corrected chi connectivity index (χ4v) is 3.18. The molecule has 162 valence electrons. The number of rotatable bonds is 3. The van der Waals surface area contributed by atoms with Crippen molar-refractivity contribution in [1.29, 1.82) is 0 Å². The number of aromatic amines is 1. The van der Waals surface area contributed by atoms with Crippen molar-refractivity contribution < 1.29 is 19.4 Å². The van der Waals surface area contributed by atoms with Crippen molar-refractivity contribution in [2.45, 2.75) is 40.3 Å². The number of nitrogens with one attached hydrogen (secondary N) is 1. The highest BCUT2D eigenvalue weighted by Gasteiger charge is 2.19. The largest absolute Gasteiger partial charge is 0.483 e. The van der Waals surface area contributed by atoms with Crippen molar-refractivity contribution in [2.24, 2.45) is 0 Å². The fourth-order valence-electron chi connectivity index (χ4n) is 3.18. The summed E-state index contributed by atoms with van der Waals surface area (Å²) in [5.74, 6) is 0. The summed E-state index contributed by atoms with van der Waals surface area (Å²) >= 11 is 0. The van der Waals surface area contributed by atoms with Gasteiger partial charge in [0, 0.05) is 48.8 Å². The lowest BCUT2D eigenvalue weighted by Crippen LogP contribution is -2.28. The Morgan fingerprint density at radius 3 is 2.40 bits per heavy atom. The second-order valence-electron chi connectivity index (χ2n) is 6.48. The molecule has 2 N–H and O–H groups in total. The normalized spacial score (nSPS) is 11.5. The van der Waals surface area contributed by atoms with E-state index < -0.39 is 0 Å². The highest BCUT2D eigenvalue weighted by atomic mass is 16.5. The number of carbonyl (C=O) groups is 2. The third kappa shape index (κ3) is 7.37. The van der Waals surface area contributed by atoms with E-state index in [0.29, 0.717) is 6.61 Å². The molecule has 6 heteroatoms. The highest BCUT2D eigenvalue weighted by Crippen LogP contribution is 2.27. The summed E-state index contributed by atoms with van der Waals surface area (Å²) < 4.78 is 4.93. The first-order chi connectivity index (χ1) is 14.6. The van der Waals surface area contributed by atoms with E-state index in [0.717, 1.165) is 25.9 Å². The number of H-pyrrole nitrogens is 1. The van der Waals surface area contributed by atoms with Crippen LogP contribution in [0.4, 0.5) is 0 Å². The summed E-state index contributed by atoms with van der Waals surface area (Å²) in [6, 6.07) is 16.5. The Balaban J connectivity index is 0.000000274. The van der Waals surface area contributed by atoms with Gasteiger partial charge in [-0.15, -0.1) is 0 Å². The minimum Gasteiger partial charge on any atom is -0.483 e. The zero-order chi connectivity index (χ0) is 22.4. The van der Waals surface area contributed by atoms with E-state index in [4.69, 9.17) is 14.6 Å². The van der Waals surface area contributed by atoms with E-state index in [9.17, 15) is 4.79 Å². The molecule has 1 aliphatic heterocycles. The van der Waals surface area contributed by atoms with Gasteiger partial charge in [-0.3, -0.25) is 9.59 Å². The predicted octanol–water partition coefficient (Wildman–Crippen LogP) is 4.55. The Kier molecular flexibility index (Phi) is 11.6. The topological polar surface area (TPSA) is 82.6 Å². The number of aromatic nitrogens is 1. The van der Waals surface area contributed by atoms with Gasteiger partial charge in [0.25, 0.3) is 6.47 Å². The van der Waals surface area contributed by atoms with Crippen LogP contribution >= 0.6 is 0 Å². The maximum absolute atomic E-state index is 10.8. The first-order valence-corrected chi connectivity index (χ1v) is 10.0. The van der Waals surface area contributed by atoms with Crippen LogP contribution < -0.4 is 0 Å².